The maximum Gasteiger partial charge on any atom is 0.145 e. The van der Waals surface area contributed by atoms with Crippen molar-refractivity contribution in [1.29, 1.82) is 0 Å². The highest BCUT2D eigenvalue weighted by Crippen LogP contribution is 2.22. The summed E-state index contributed by atoms with van der Waals surface area (Å²) in [4.78, 5) is 9.54. The lowest BCUT2D eigenvalue weighted by molar-refractivity contribution is 0.475. The predicted octanol–water partition coefficient (Wildman–Crippen LogP) is 3.05. The average Bonchev–Trinajstić information content (AvgIpc) is 2.90. The lowest BCUT2D eigenvalue weighted by Crippen LogP contribution is -2.05. The average molecular weight is 271 g/mol. The summed E-state index contributed by atoms with van der Waals surface area (Å²) in [6.07, 6.45) is 2.69. The number of nitrogens with one attached hydrogen (secondary N) is 1. The van der Waals surface area contributed by atoms with Gasteiger partial charge in [0.1, 0.15) is 16.1 Å². The topological polar surface area (TPSA) is 58.0 Å². The zero-order chi connectivity index (χ0) is 13.1. The molecule has 3 rings (SSSR count). The van der Waals surface area contributed by atoms with Crippen LogP contribution in [0.2, 0.25) is 0 Å². The van der Waals surface area contributed by atoms with Gasteiger partial charge in [-0.05, 0) is 30.2 Å². The Morgan fingerprint density at radius 1 is 1.11 bits per heavy atom. The van der Waals surface area contributed by atoms with Crippen molar-refractivity contribution >= 4 is 27.4 Å². The van der Waals surface area contributed by atoms with Gasteiger partial charge < -0.3 is 10.4 Å². The van der Waals surface area contributed by atoms with E-state index in [0.29, 0.717) is 5.75 Å². The summed E-state index contributed by atoms with van der Waals surface area (Å²) >= 11 is 1.54. The molecule has 3 aromatic rings. The predicted molar refractivity (Wildman–Crippen MR) is 77.7 cm³/mol. The first-order valence-corrected chi connectivity index (χ1v) is 6.91. The number of rotatable bonds is 4. The molecular formula is C14H13N3OS. The van der Waals surface area contributed by atoms with Crippen LogP contribution in [0.15, 0.2) is 42.0 Å². The summed E-state index contributed by atoms with van der Waals surface area (Å²) in [6, 6.07) is 9.23. The van der Waals surface area contributed by atoms with E-state index in [2.05, 4.69) is 15.3 Å². The molecule has 0 saturated heterocycles. The summed E-state index contributed by atoms with van der Waals surface area (Å²) in [6.45, 7) is 0.821. The lowest BCUT2D eigenvalue weighted by atomic mass is 10.1. The quantitative estimate of drug-likeness (QED) is 0.765. The van der Waals surface area contributed by atoms with Gasteiger partial charge >= 0.3 is 0 Å². The third-order valence-corrected chi connectivity index (χ3v) is 3.64. The first kappa shape index (κ1) is 11.9. The Balaban J connectivity index is 1.66. The molecular weight excluding hydrogens is 258 g/mol. The molecule has 0 amide bonds. The Kier molecular flexibility index (Phi) is 3.29. The molecule has 5 heteroatoms. The van der Waals surface area contributed by atoms with Gasteiger partial charge in [0.15, 0.2) is 0 Å². The molecule has 2 N–H and O–H groups in total. The number of nitrogens with zero attached hydrogens (tertiary/aromatic N) is 2. The van der Waals surface area contributed by atoms with Gasteiger partial charge in [-0.2, -0.15) is 0 Å². The Morgan fingerprint density at radius 2 is 1.95 bits per heavy atom. The molecule has 96 valence electrons. The van der Waals surface area contributed by atoms with Crippen LogP contribution in [-0.2, 0) is 6.42 Å². The molecule has 0 aliphatic carbocycles. The second-order valence-electron chi connectivity index (χ2n) is 4.21. The number of aromatic hydroxyl groups is 1. The van der Waals surface area contributed by atoms with Crippen molar-refractivity contribution in [3.63, 3.8) is 0 Å². The van der Waals surface area contributed by atoms with Crippen LogP contribution in [0.4, 0.5) is 5.69 Å². The van der Waals surface area contributed by atoms with Crippen molar-refractivity contribution in [2.75, 3.05) is 11.9 Å². The van der Waals surface area contributed by atoms with Gasteiger partial charge in [0.05, 0.1) is 11.2 Å². The number of fused-ring (bicyclic) bond motifs is 1. The highest BCUT2D eigenvalue weighted by Gasteiger charge is 2.03. The van der Waals surface area contributed by atoms with Crippen LogP contribution in [-0.4, -0.2) is 21.6 Å². The van der Waals surface area contributed by atoms with Crippen molar-refractivity contribution in [2.45, 2.75) is 6.42 Å². The highest BCUT2D eigenvalue weighted by atomic mass is 32.1. The Hall–Kier alpha value is -2.14. The molecule has 1 aromatic carbocycles. The Labute approximate surface area is 114 Å². The van der Waals surface area contributed by atoms with Crippen molar-refractivity contribution in [3.8, 4) is 5.75 Å². The Bertz CT molecular complexity index is 678. The minimum Gasteiger partial charge on any atom is -0.508 e. The largest absolute Gasteiger partial charge is 0.508 e. The summed E-state index contributed by atoms with van der Waals surface area (Å²) in [5.74, 6) is 0.301. The number of anilines is 1. The fourth-order valence-corrected chi connectivity index (χ4v) is 2.58. The smallest absolute Gasteiger partial charge is 0.145 e. The number of hydrogen-bond acceptors (Lipinski definition) is 5. The van der Waals surface area contributed by atoms with Crippen molar-refractivity contribution in [1.82, 2.24) is 9.97 Å². The zero-order valence-electron chi connectivity index (χ0n) is 10.2. The number of hydrogen-bond donors (Lipinski definition) is 2. The van der Waals surface area contributed by atoms with Crippen molar-refractivity contribution in [2.24, 2.45) is 0 Å². The number of pyridine rings is 1. The normalized spacial score (nSPS) is 10.7. The summed E-state index contributed by atoms with van der Waals surface area (Å²) in [5, 5.41) is 12.6. The van der Waals surface area contributed by atoms with E-state index in [1.807, 2.05) is 23.7 Å². The van der Waals surface area contributed by atoms with Crippen LogP contribution in [0, 0.1) is 0 Å². The molecule has 0 unspecified atom stereocenters. The standard InChI is InChI=1S/C14H13N3OS/c18-11-3-1-10(2-4-11)5-7-15-12-6-8-16-14-13(12)17-9-19-14/h1-4,6,8-9,18H,5,7H2,(H,15,16). The van der Waals surface area contributed by atoms with Gasteiger partial charge in [-0.25, -0.2) is 9.97 Å². The Morgan fingerprint density at radius 3 is 2.79 bits per heavy atom. The van der Waals surface area contributed by atoms with E-state index < -0.39 is 0 Å². The first-order chi connectivity index (χ1) is 9.33. The van der Waals surface area contributed by atoms with Crippen LogP contribution in [0.25, 0.3) is 10.3 Å². The summed E-state index contributed by atoms with van der Waals surface area (Å²) < 4.78 is 0. The van der Waals surface area contributed by atoms with E-state index >= 15 is 0 Å². The molecule has 0 saturated carbocycles. The minimum atomic E-state index is 0.301. The number of thiazole rings is 1. The fourth-order valence-electron chi connectivity index (χ4n) is 1.92. The van der Waals surface area contributed by atoms with E-state index in [1.165, 1.54) is 5.56 Å². The molecule has 2 aromatic heterocycles. The second-order valence-corrected chi connectivity index (χ2v) is 5.04. The summed E-state index contributed by atoms with van der Waals surface area (Å²) in [5.41, 5.74) is 4.94. The van der Waals surface area contributed by atoms with Crippen LogP contribution in [0.1, 0.15) is 5.56 Å². The SMILES string of the molecule is Oc1ccc(CCNc2ccnc3scnc23)cc1. The van der Waals surface area contributed by atoms with Gasteiger partial charge in [-0.3, -0.25) is 0 Å². The van der Waals surface area contributed by atoms with Crippen molar-refractivity contribution in [3.05, 3.63) is 47.6 Å². The maximum atomic E-state index is 9.23. The molecule has 0 aliphatic heterocycles. The van der Waals surface area contributed by atoms with Gasteiger partial charge in [0, 0.05) is 12.7 Å². The molecule has 0 radical (unpaired) electrons. The van der Waals surface area contributed by atoms with E-state index in [-0.39, 0.29) is 0 Å². The molecule has 0 atom stereocenters. The lowest BCUT2D eigenvalue weighted by Gasteiger charge is -2.07. The third kappa shape index (κ3) is 2.66. The van der Waals surface area contributed by atoms with Gasteiger partial charge in [0.2, 0.25) is 0 Å². The van der Waals surface area contributed by atoms with Crippen LogP contribution >= 0.6 is 11.3 Å². The van der Waals surface area contributed by atoms with E-state index in [1.54, 1.807) is 29.7 Å². The summed E-state index contributed by atoms with van der Waals surface area (Å²) in [7, 11) is 0. The second kappa shape index (κ2) is 5.24. The molecule has 0 bridgehead atoms. The zero-order valence-corrected chi connectivity index (χ0v) is 11.0. The minimum absolute atomic E-state index is 0.301. The van der Waals surface area contributed by atoms with Crippen LogP contribution < -0.4 is 5.32 Å². The fraction of sp³-hybridized carbons (Fsp3) is 0.143. The number of benzene rings is 1. The monoisotopic (exact) mass is 271 g/mol. The maximum absolute atomic E-state index is 9.23. The van der Waals surface area contributed by atoms with E-state index in [0.717, 1.165) is 29.0 Å². The van der Waals surface area contributed by atoms with Crippen LogP contribution in [0.5, 0.6) is 5.75 Å². The number of phenolic OH excluding ortho intramolecular Hbond substituents is 1. The third-order valence-electron chi connectivity index (χ3n) is 2.90. The first-order valence-electron chi connectivity index (χ1n) is 6.03. The van der Waals surface area contributed by atoms with E-state index in [9.17, 15) is 5.11 Å². The van der Waals surface area contributed by atoms with Gasteiger partial charge in [-0.1, -0.05) is 12.1 Å². The molecule has 0 spiro atoms. The highest BCUT2D eigenvalue weighted by molar-refractivity contribution is 7.16. The molecule has 19 heavy (non-hydrogen) atoms. The van der Waals surface area contributed by atoms with Crippen molar-refractivity contribution < 1.29 is 5.11 Å². The number of phenols is 1. The van der Waals surface area contributed by atoms with E-state index in [4.69, 9.17) is 0 Å². The molecule has 2 heterocycles. The van der Waals surface area contributed by atoms with Gasteiger partial charge in [-0.15, -0.1) is 11.3 Å². The molecule has 0 aliphatic rings. The van der Waals surface area contributed by atoms with Gasteiger partial charge in [0.25, 0.3) is 0 Å². The molecule has 0 fully saturated rings. The van der Waals surface area contributed by atoms with Crippen LogP contribution in [0.3, 0.4) is 0 Å². The number of aromatic nitrogens is 2. The molecule has 4 nitrogen and oxygen atoms in total.